The minimum atomic E-state index is -0.0550. The topological polar surface area (TPSA) is 87.3 Å². The van der Waals surface area contributed by atoms with Crippen molar-refractivity contribution in [3.05, 3.63) is 17.5 Å². The zero-order valence-electron chi connectivity index (χ0n) is 15.5. The number of aryl methyl sites for hydroxylation is 1. The van der Waals surface area contributed by atoms with Crippen molar-refractivity contribution in [1.82, 2.24) is 20.4 Å². The third-order valence-electron chi connectivity index (χ3n) is 4.46. The molecule has 0 aliphatic carbocycles. The van der Waals surface area contributed by atoms with Gasteiger partial charge in [0.05, 0.1) is 6.10 Å². The number of nitrogens with one attached hydrogen (secondary N) is 2. The van der Waals surface area contributed by atoms with Gasteiger partial charge in [-0.3, -0.25) is 14.7 Å². The zero-order valence-corrected chi connectivity index (χ0v) is 15.5. The van der Waals surface area contributed by atoms with E-state index in [0.717, 1.165) is 18.5 Å². The van der Waals surface area contributed by atoms with Gasteiger partial charge < -0.3 is 15.0 Å². The maximum atomic E-state index is 12.4. The number of nitrogens with zero attached hydrogens (tertiary/aromatic N) is 2. The summed E-state index contributed by atoms with van der Waals surface area (Å²) in [6.07, 6.45) is 3.27. The lowest BCUT2D eigenvalue weighted by Gasteiger charge is -2.30. The number of carbonyl (C=O) groups is 2. The summed E-state index contributed by atoms with van der Waals surface area (Å²) >= 11 is 0. The first-order valence-corrected chi connectivity index (χ1v) is 9.24. The van der Waals surface area contributed by atoms with Crippen molar-refractivity contribution in [2.45, 2.75) is 52.6 Å². The predicted octanol–water partition coefficient (Wildman–Crippen LogP) is 1.76. The number of hydrogen-bond acceptors (Lipinski definition) is 4. The standard InChI is InChI=1S/C18H30N4O3/c1-4-15-12-16(21-20-15)18(24)22-9-6-14(7-10-22)17(23)19-8-5-11-25-13(2)3/h12-14H,4-11H2,1-3H3,(H,19,23)(H,20,21). The molecule has 0 aromatic carbocycles. The number of ether oxygens (including phenoxy) is 1. The number of carbonyl (C=O) groups excluding carboxylic acids is 2. The van der Waals surface area contributed by atoms with E-state index in [9.17, 15) is 9.59 Å². The quantitative estimate of drug-likeness (QED) is 0.699. The van der Waals surface area contributed by atoms with Gasteiger partial charge in [-0.25, -0.2) is 0 Å². The lowest BCUT2D eigenvalue weighted by Crippen LogP contribution is -2.43. The molecule has 0 atom stereocenters. The molecule has 1 aliphatic rings. The normalized spacial score (nSPS) is 15.6. The summed E-state index contributed by atoms with van der Waals surface area (Å²) in [5, 5.41) is 9.92. The molecule has 1 aromatic rings. The summed E-state index contributed by atoms with van der Waals surface area (Å²) in [6, 6.07) is 1.81. The fraction of sp³-hybridized carbons (Fsp3) is 0.722. The first-order chi connectivity index (χ1) is 12.0. The largest absolute Gasteiger partial charge is 0.379 e. The number of rotatable bonds is 8. The van der Waals surface area contributed by atoms with E-state index in [4.69, 9.17) is 4.74 Å². The highest BCUT2D eigenvalue weighted by atomic mass is 16.5. The van der Waals surface area contributed by atoms with Crippen LogP contribution in [0.2, 0.25) is 0 Å². The van der Waals surface area contributed by atoms with Gasteiger partial charge in [0.25, 0.3) is 5.91 Å². The SMILES string of the molecule is CCc1cc(C(=O)N2CCC(C(=O)NCCCOC(C)C)CC2)n[nH]1. The second-order valence-electron chi connectivity index (χ2n) is 6.76. The van der Waals surface area contributed by atoms with Gasteiger partial charge in [-0.05, 0) is 45.6 Å². The fourth-order valence-corrected chi connectivity index (χ4v) is 2.91. The van der Waals surface area contributed by atoms with Crippen LogP contribution in [-0.2, 0) is 16.0 Å². The molecular weight excluding hydrogens is 320 g/mol. The molecule has 2 rings (SSSR count). The molecular formula is C18H30N4O3. The van der Waals surface area contributed by atoms with Gasteiger partial charge >= 0.3 is 0 Å². The van der Waals surface area contributed by atoms with E-state index in [1.165, 1.54) is 0 Å². The second kappa shape index (κ2) is 9.56. The van der Waals surface area contributed by atoms with Gasteiger partial charge in [0, 0.05) is 37.9 Å². The summed E-state index contributed by atoms with van der Waals surface area (Å²) < 4.78 is 5.46. The van der Waals surface area contributed by atoms with Crippen LogP contribution in [0.1, 0.15) is 56.2 Å². The lowest BCUT2D eigenvalue weighted by molar-refractivity contribution is -0.126. The molecule has 0 unspecified atom stereocenters. The smallest absolute Gasteiger partial charge is 0.274 e. The molecule has 2 amide bonds. The Bertz CT molecular complexity index is 562. The van der Waals surface area contributed by atoms with Crippen molar-refractivity contribution in [3.8, 4) is 0 Å². The summed E-state index contributed by atoms with van der Waals surface area (Å²) in [7, 11) is 0. The van der Waals surface area contributed by atoms with Gasteiger partial charge in [-0.2, -0.15) is 5.10 Å². The monoisotopic (exact) mass is 350 g/mol. The number of amides is 2. The van der Waals surface area contributed by atoms with Crippen LogP contribution in [0.15, 0.2) is 6.07 Å². The molecule has 1 fully saturated rings. The average molecular weight is 350 g/mol. The molecule has 140 valence electrons. The van der Waals surface area contributed by atoms with Crippen LogP contribution in [0.5, 0.6) is 0 Å². The molecule has 0 saturated carbocycles. The van der Waals surface area contributed by atoms with Gasteiger partial charge in [0.15, 0.2) is 0 Å². The molecule has 7 nitrogen and oxygen atoms in total. The second-order valence-corrected chi connectivity index (χ2v) is 6.76. The van der Waals surface area contributed by atoms with Gasteiger partial charge in [-0.15, -0.1) is 0 Å². The number of H-pyrrole nitrogens is 1. The third-order valence-corrected chi connectivity index (χ3v) is 4.46. The molecule has 7 heteroatoms. The Labute approximate surface area is 149 Å². The maximum absolute atomic E-state index is 12.4. The summed E-state index contributed by atoms with van der Waals surface area (Å²) in [6.45, 7) is 8.51. The summed E-state index contributed by atoms with van der Waals surface area (Å²) in [5.41, 5.74) is 1.42. The van der Waals surface area contributed by atoms with E-state index >= 15 is 0 Å². The molecule has 1 aromatic heterocycles. The van der Waals surface area contributed by atoms with Gasteiger partial charge in [0.1, 0.15) is 5.69 Å². The molecule has 0 bridgehead atoms. The van der Waals surface area contributed by atoms with Crippen molar-refractivity contribution in [2.24, 2.45) is 5.92 Å². The van der Waals surface area contributed by atoms with Crippen LogP contribution in [0, 0.1) is 5.92 Å². The van der Waals surface area contributed by atoms with Crippen LogP contribution >= 0.6 is 0 Å². The molecule has 1 saturated heterocycles. The highest BCUT2D eigenvalue weighted by Gasteiger charge is 2.28. The predicted molar refractivity (Wildman–Crippen MR) is 95.3 cm³/mol. The third kappa shape index (κ3) is 5.85. The number of likely N-dealkylation sites (tertiary alicyclic amines) is 1. The van der Waals surface area contributed by atoms with Crippen molar-refractivity contribution < 1.29 is 14.3 Å². The van der Waals surface area contributed by atoms with Crippen molar-refractivity contribution in [1.29, 1.82) is 0 Å². The van der Waals surface area contributed by atoms with E-state index in [0.29, 0.717) is 44.8 Å². The van der Waals surface area contributed by atoms with E-state index in [2.05, 4.69) is 15.5 Å². The first-order valence-electron chi connectivity index (χ1n) is 9.24. The maximum Gasteiger partial charge on any atom is 0.274 e. The summed E-state index contributed by atoms with van der Waals surface area (Å²) in [4.78, 5) is 26.4. The molecule has 2 heterocycles. The van der Waals surface area contributed by atoms with Crippen LogP contribution in [-0.4, -0.2) is 59.3 Å². The number of aromatic nitrogens is 2. The fourth-order valence-electron chi connectivity index (χ4n) is 2.91. The highest BCUT2D eigenvalue weighted by molar-refractivity contribution is 5.92. The van der Waals surface area contributed by atoms with Crippen LogP contribution in [0.4, 0.5) is 0 Å². The van der Waals surface area contributed by atoms with E-state index < -0.39 is 0 Å². The zero-order chi connectivity index (χ0) is 18.2. The van der Waals surface area contributed by atoms with Gasteiger partial charge in [0.2, 0.25) is 5.91 Å². The van der Waals surface area contributed by atoms with Crippen molar-refractivity contribution in [3.63, 3.8) is 0 Å². The first kappa shape index (κ1) is 19.4. The number of piperidine rings is 1. The Morgan fingerprint density at radius 2 is 2.12 bits per heavy atom. The number of aromatic amines is 1. The van der Waals surface area contributed by atoms with Crippen LogP contribution in [0.25, 0.3) is 0 Å². The Morgan fingerprint density at radius 1 is 1.40 bits per heavy atom. The Morgan fingerprint density at radius 3 is 2.72 bits per heavy atom. The lowest BCUT2D eigenvalue weighted by atomic mass is 9.95. The minimum absolute atomic E-state index is 0.0135. The molecule has 2 N–H and O–H groups in total. The van der Waals surface area contributed by atoms with E-state index in [1.54, 1.807) is 11.0 Å². The van der Waals surface area contributed by atoms with Gasteiger partial charge in [-0.1, -0.05) is 6.92 Å². The Hall–Kier alpha value is -1.89. The molecule has 25 heavy (non-hydrogen) atoms. The van der Waals surface area contributed by atoms with E-state index in [-0.39, 0.29) is 23.8 Å². The number of hydrogen-bond donors (Lipinski definition) is 2. The molecule has 1 aliphatic heterocycles. The average Bonchev–Trinajstić information content (AvgIpc) is 3.09. The molecule has 0 spiro atoms. The van der Waals surface area contributed by atoms with Crippen molar-refractivity contribution >= 4 is 11.8 Å². The van der Waals surface area contributed by atoms with Crippen LogP contribution < -0.4 is 5.32 Å². The Kier molecular flexibility index (Phi) is 7.43. The molecule has 0 radical (unpaired) electrons. The van der Waals surface area contributed by atoms with Crippen LogP contribution in [0.3, 0.4) is 0 Å². The summed E-state index contributed by atoms with van der Waals surface area (Å²) in [5.74, 6) is 0.0192. The Balaban J connectivity index is 1.70. The van der Waals surface area contributed by atoms with Crippen molar-refractivity contribution in [2.75, 3.05) is 26.2 Å². The minimum Gasteiger partial charge on any atom is -0.379 e. The van der Waals surface area contributed by atoms with E-state index in [1.807, 2.05) is 20.8 Å². The highest BCUT2D eigenvalue weighted by Crippen LogP contribution is 2.19.